The molecule has 6 heteroatoms. The number of carbonyl (C=O) groups is 1. The molecule has 0 aromatic heterocycles. The van der Waals surface area contributed by atoms with Crippen LogP contribution in [0.2, 0.25) is 5.02 Å². The second-order valence-electron chi connectivity index (χ2n) is 4.85. The minimum absolute atomic E-state index is 0. The molecule has 2 rings (SSSR count). The first-order valence-electron chi connectivity index (χ1n) is 6.53. The number of carbonyl (C=O) groups excluding carboxylic acids is 1. The Morgan fingerprint density at radius 1 is 1.40 bits per heavy atom. The van der Waals surface area contributed by atoms with Crippen molar-refractivity contribution in [2.24, 2.45) is 0 Å². The fourth-order valence-electron chi connectivity index (χ4n) is 2.41. The second kappa shape index (κ2) is 7.81. The number of hydrogen-bond donors (Lipinski definition) is 1. The van der Waals surface area contributed by atoms with Crippen molar-refractivity contribution in [1.82, 2.24) is 10.2 Å². The molecule has 0 radical (unpaired) electrons. The molecule has 1 saturated heterocycles. The van der Waals surface area contributed by atoms with Crippen molar-refractivity contribution in [3.63, 3.8) is 0 Å². The van der Waals surface area contributed by atoms with Crippen molar-refractivity contribution in [3.05, 3.63) is 34.6 Å². The van der Waals surface area contributed by atoms with Gasteiger partial charge in [-0.15, -0.1) is 12.4 Å². The molecule has 1 unspecified atom stereocenters. The van der Waals surface area contributed by atoms with Crippen LogP contribution in [-0.2, 0) is 0 Å². The molecule has 1 amide bonds. The van der Waals surface area contributed by atoms with E-state index in [1.165, 1.54) is 12.1 Å². The molecule has 0 spiro atoms. The van der Waals surface area contributed by atoms with Gasteiger partial charge in [-0.2, -0.15) is 0 Å². The minimum Gasteiger partial charge on any atom is -0.339 e. The highest BCUT2D eigenvalue weighted by Crippen LogP contribution is 2.23. The number of halogens is 3. The highest BCUT2D eigenvalue weighted by molar-refractivity contribution is 6.34. The highest BCUT2D eigenvalue weighted by Gasteiger charge is 2.24. The van der Waals surface area contributed by atoms with Gasteiger partial charge in [0.15, 0.2) is 0 Å². The van der Waals surface area contributed by atoms with Crippen LogP contribution in [0.4, 0.5) is 4.39 Å². The van der Waals surface area contributed by atoms with Crippen molar-refractivity contribution in [2.75, 3.05) is 20.1 Å². The molecule has 1 heterocycles. The maximum atomic E-state index is 13.4. The van der Waals surface area contributed by atoms with E-state index < -0.39 is 5.82 Å². The third-order valence-electron chi connectivity index (χ3n) is 3.60. The van der Waals surface area contributed by atoms with Crippen LogP contribution in [-0.4, -0.2) is 37.0 Å². The van der Waals surface area contributed by atoms with Gasteiger partial charge >= 0.3 is 0 Å². The Bertz CT molecular complexity index is 462. The molecular formula is C14H19Cl2FN2O. The lowest BCUT2D eigenvalue weighted by atomic mass is 10.1. The van der Waals surface area contributed by atoms with E-state index in [4.69, 9.17) is 11.6 Å². The summed E-state index contributed by atoms with van der Waals surface area (Å²) in [6.45, 7) is 1.89. The molecule has 1 fully saturated rings. The molecule has 3 nitrogen and oxygen atoms in total. The van der Waals surface area contributed by atoms with E-state index in [9.17, 15) is 9.18 Å². The minimum atomic E-state index is -0.552. The molecular weight excluding hydrogens is 302 g/mol. The lowest BCUT2D eigenvalue weighted by Crippen LogP contribution is -2.37. The van der Waals surface area contributed by atoms with Crippen LogP contribution in [0.5, 0.6) is 0 Å². The third-order valence-corrected chi connectivity index (χ3v) is 3.98. The zero-order chi connectivity index (χ0) is 13.8. The van der Waals surface area contributed by atoms with Crippen molar-refractivity contribution in [1.29, 1.82) is 0 Å². The Hall–Kier alpha value is -0.840. The van der Waals surface area contributed by atoms with Gasteiger partial charge in [0.05, 0.1) is 10.6 Å². The summed E-state index contributed by atoms with van der Waals surface area (Å²) in [6.07, 6.45) is 2.91. The average Bonchev–Trinajstić information content (AvgIpc) is 2.69. The predicted molar refractivity (Wildman–Crippen MR) is 81.3 cm³/mol. The summed E-state index contributed by atoms with van der Waals surface area (Å²) in [5.74, 6) is -0.764. The van der Waals surface area contributed by atoms with E-state index in [1.54, 1.807) is 18.0 Å². The first-order chi connectivity index (χ1) is 9.11. The Balaban J connectivity index is 0.00000200. The Morgan fingerprint density at radius 3 is 2.90 bits per heavy atom. The molecule has 1 aromatic rings. The summed E-state index contributed by atoms with van der Waals surface area (Å²) in [6, 6.07) is 4.52. The zero-order valence-corrected chi connectivity index (χ0v) is 12.9. The fourth-order valence-corrected chi connectivity index (χ4v) is 2.62. The molecule has 1 atom stereocenters. The van der Waals surface area contributed by atoms with Crippen LogP contribution in [0.1, 0.15) is 29.6 Å². The molecule has 1 aliphatic rings. The summed E-state index contributed by atoms with van der Waals surface area (Å²) in [5.41, 5.74) is 0.237. The molecule has 0 saturated carbocycles. The Labute approximate surface area is 129 Å². The topological polar surface area (TPSA) is 32.3 Å². The number of rotatable bonds is 2. The molecule has 1 aromatic carbocycles. The molecule has 0 aliphatic carbocycles. The van der Waals surface area contributed by atoms with Crippen LogP contribution in [0.25, 0.3) is 0 Å². The predicted octanol–water partition coefficient (Wildman–Crippen LogP) is 3.12. The lowest BCUT2D eigenvalue weighted by Gasteiger charge is -2.27. The molecule has 0 bridgehead atoms. The van der Waals surface area contributed by atoms with Crippen LogP contribution in [0.15, 0.2) is 18.2 Å². The number of benzene rings is 1. The van der Waals surface area contributed by atoms with Crippen molar-refractivity contribution in [3.8, 4) is 0 Å². The highest BCUT2D eigenvalue weighted by atomic mass is 35.5. The maximum Gasteiger partial charge on any atom is 0.255 e. The van der Waals surface area contributed by atoms with E-state index in [0.717, 1.165) is 32.4 Å². The van der Waals surface area contributed by atoms with Gasteiger partial charge in [0, 0.05) is 13.1 Å². The summed E-state index contributed by atoms with van der Waals surface area (Å²) < 4.78 is 13.4. The van der Waals surface area contributed by atoms with Gasteiger partial charge in [-0.25, -0.2) is 4.39 Å². The molecule has 112 valence electrons. The first kappa shape index (κ1) is 17.2. The Kier molecular flexibility index (Phi) is 6.72. The maximum absolute atomic E-state index is 13.4. The summed E-state index contributed by atoms with van der Waals surface area (Å²) in [4.78, 5) is 14.1. The molecule has 20 heavy (non-hydrogen) atoms. The van der Waals surface area contributed by atoms with Crippen LogP contribution >= 0.6 is 24.0 Å². The zero-order valence-electron chi connectivity index (χ0n) is 11.4. The van der Waals surface area contributed by atoms with E-state index in [0.29, 0.717) is 0 Å². The van der Waals surface area contributed by atoms with E-state index >= 15 is 0 Å². The van der Waals surface area contributed by atoms with Gasteiger partial charge in [-0.1, -0.05) is 17.7 Å². The summed E-state index contributed by atoms with van der Waals surface area (Å²) in [5, 5.41) is 3.22. The van der Waals surface area contributed by atoms with Gasteiger partial charge in [0.25, 0.3) is 5.91 Å². The van der Waals surface area contributed by atoms with E-state index in [-0.39, 0.29) is 34.9 Å². The number of amides is 1. The normalized spacial score (nSPS) is 18.9. The quantitative estimate of drug-likeness (QED) is 0.908. The van der Waals surface area contributed by atoms with Gasteiger partial charge in [0.2, 0.25) is 0 Å². The SMILES string of the molecule is CN(C(=O)c1cccc(F)c1Cl)C1CCCNCC1.Cl. The number of hydrogen-bond acceptors (Lipinski definition) is 2. The summed E-state index contributed by atoms with van der Waals surface area (Å²) in [7, 11) is 1.76. The van der Waals surface area contributed by atoms with Gasteiger partial charge in [-0.05, 0) is 44.5 Å². The van der Waals surface area contributed by atoms with Gasteiger partial charge in [0.1, 0.15) is 5.82 Å². The lowest BCUT2D eigenvalue weighted by molar-refractivity contribution is 0.0720. The van der Waals surface area contributed by atoms with Gasteiger partial charge in [-0.3, -0.25) is 4.79 Å². The molecule has 1 N–H and O–H groups in total. The molecule has 1 aliphatic heterocycles. The van der Waals surface area contributed by atoms with Crippen LogP contribution in [0, 0.1) is 5.82 Å². The van der Waals surface area contributed by atoms with E-state index in [2.05, 4.69) is 5.32 Å². The third kappa shape index (κ3) is 3.84. The second-order valence-corrected chi connectivity index (χ2v) is 5.23. The number of nitrogens with zero attached hydrogens (tertiary/aromatic N) is 1. The number of nitrogens with one attached hydrogen (secondary N) is 1. The smallest absolute Gasteiger partial charge is 0.255 e. The van der Waals surface area contributed by atoms with Gasteiger partial charge < -0.3 is 10.2 Å². The fraction of sp³-hybridized carbons (Fsp3) is 0.500. The monoisotopic (exact) mass is 320 g/mol. The van der Waals surface area contributed by atoms with Crippen LogP contribution in [0.3, 0.4) is 0 Å². The van der Waals surface area contributed by atoms with E-state index in [1.807, 2.05) is 0 Å². The van der Waals surface area contributed by atoms with Crippen molar-refractivity contribution >= 4 is 29.9 Å². The van der Waals surface area contributed by atoms with Crippen molar-refractivity contribution < 1.29 is 9.18 Å². The van der Waals surface area contributed by atoms with Crippen LogP contribution < -0.4 is 5.32 Å². The van der Waals surface area contributed by atoms with Crippen molar-refractivity contribution in [2.45, 2.75) is 25.3 Å². The Morgan fingerprint density at radius 2 is 2.15 bits per heavy atom. The standard InChI is InChI=1S/C14H18ClFN2O.ClH/c1-18(10-4-3-8-17-9-7-10)14(19)11-5-2-6-12(16)13(11)15;/h2,5-6,10,17H,3-4,7-9H2,1H3;1H. The average molecular weight is 321 g/mol. The first-order valence-corrected chi connectivity index (χ1v) is 6.91. The summed E-state index contributed by atoms with van der Waals surface area (Å²) >= 11 is 5.87. The largest absolute Gasteiger partial charge is 0.339 e.